The zero-order valence-corrected chi connectivity index (χ0v) is 16.3. The summed E-state index contributed by atoms with van der Waals surface area (Å²) in [7, 11) is 2.71. The molecule has 0 saturated carbocycles. The molecule has 7 nitrogen and oxygen atoms in total. The van der Waals surface area contributed by atoms with Crippen LogP contribution in [-0.2, 0) is 9.53 Å². The number of carbonyl (C=O) groups is 3. The molecule has 0 aliphatic rings. The zero-order chi connectivity index (χ0) is 21.9. The SMILES string of the molecule is COC(=O)c1c(C)[nH]c(C(=O)CN(C)CC(=O)Nc2ccc(F)c(F)c2F)c1C. The Labute approximate surface area is 164 Å². The van der Waals surface area contributed by atoms with Gasteiger partial charge in [-0.2, -0.15) is 0 Å². The molecule has 0 saturated heterocycles. The number of esters is 1. The van der Waals surface area contributed by atoms with Crippen LogP contribution in [0.2, 0.25) is 0 Å². The quantitative estimate of drug-likeness (QED) is 0.415. The molecule has 0 fully saturated rings. The highest BCUT2D eigenvalue weighted by Gasteiger charge is 2.23. The average molecular weight is 411 g/mol. The van der Waals surface area contributed by atoms with Crippen LogP contribution in [0.4, 0.5) is 18.9 Å². The van der Waals surface area contributed by atoms with Crippen LogP contribution in [0.3, 0.4) is 0 Å². The summed E-state index contributed by atoms with van der Waals surface area (Å²) < 4.78 is 44.5. The number of nitrogens with zero attached hydrogens (tertiary/aromatic N) is 1. The van der Waals surface area contributed by atoms with E-state index >= 15 is 0 Å². The maximum Gasteiger partial charge on any atom is 0.339 e. The smallest absolute Gasteiger partial charge is 0.339 e. The number of aryl methyl sites for hydroxylation is 1. The van der Waals surface area contributed by atoms with Gasteiger partial charge in [-0.25, -0.2) is 18.0 Å². The number of H-pyrrole nitrogens is 1. The number of aromatic nitrogens is 1. The predicted molar refractivity (Wildman–Crippen MR) is 98.4 cm³/mol. The first-order valence-corrected chi connectivity index (χ1v) is 8.49. The number of anilines is 1. The van der Waals surface area contributed by atoms with Crippen LogP contribution >= 0.6 is 0 Å². The van der Waals surface area contributed by atoms with Gasteiger partial charge in [-0.15, -0.1) is 0 Å². The number of nitrogens with one attached hydrogen (secondary N) is 2. The molecule has 0 atom stereocenters. The van der Waals surface area contributed by atoms with E-state index in [1.54, 1.807) is 13.8 Å². The molecular weight excluding hydrogens is 391 g/mol. The van der Waals surface area contributed by atoms with Crippen molar-refractivity contribution in [2.24, 2.45) is 0 Å². The van der Waals surface area contributed by atoms with Crippen molar-refractivity contribution in [1.29, 1.82) is 0 Å². The fourth-order valence-electron chi connectivity index (χ4n) is 2.87. The number of ether oxygens (including phenoxy) is 1. The number of amides is 1. The van der Waals surface area contributed by atoms with Gasteiger partial charge in [-0.3, -0.25) is 14.5 Å². The number of rotatable bonds is 7. The Morgan fingerprint density at radius 3 is 2.38 bits per heavy atom. The molecule has 0 radical (unpaired) electrons. The highest BCUT2D eigenvalue weighted by atomic mass is 19.2. The second kappa shape index (κ2) is 8.91. The van der Waals surface area contributed by atoms with Crippen LogP contribution in [-0.4, -0.2) is 54.8 Å². The number of carbonyl (C=O) groups excluding carboxylic acids is 3. The van der Waals surface area contributed by atoms with E-state index in [9.17, 15) is 27.6 Å². The fourth-order valence-corrected chi connectivity index (χ4v) is 2.87. The minimum absolute atomic E-state index is 0.185. The Balaban J connectivity index is 2.03. The summed E-state index contributed by atoms with van der Waals surface area (Å²) in [5.74, 6) is -6.24. The Morgan fingerprint density at radius 1 is 1.10 bits per heavy atom. The van der Waals surface area contributed by atoms with Crippen molar-refractivity contribution >= 4 is 23.3 Å². The molecule has 1 amide bonds. The van der Waals surface area contributed by atoms with E-state index in [2.05, 4.69) is 10.3 Å². The first-order valence-electron chi connectivity index (χ1n) is 8.49. The molecule has 1 aromatic carbocycles. The number of ketones is 1. The molecule has 0 spiro atoms. The van der Waals surface area contributed by atoms with Crippen molar-refractivity contribution in [2.45, 2.75) is 13.8 Å². The highest BCUT2D eigenvalue weighted by Crippen LogP contribution is 2.20. The molecule has 0 unspecified atom stereocenters. The van der Waals surface area contributed by atoms with Crippen molar-refractivity contribution in [3.05, 3.63) is 52.1 Å². The summed E-state index contributed by atoms with van der Waals surface area (Å²) in [6.07, 6.45) is 0. The predicted octanol–water partition coefficient (Wildman–Crippen LogP) is 2.59. The Hall–Kier alpha value is -3.14. The Morgan fingerprint density at radius 2 is 1.76 bits per heavy atom. The first kappa shape index (κ1) is 22.2. The van der Waals surface area contributed by atoms with E-state index < -0.39 is 35.0 Å². The van der Waals surface area contributed by atoms with Crippen LogP contribution in [0.5, 0.6) is 0 Å². The minimum atomic E-state index is -1.69. The molecule has 10 heteroatoms. The maximum atomic E-state index is 13.6. The van der Waals surface area contributed by atoms with Crippen molar-refractivity contribution < 1.29 is 32.3 Å². The van der Waals surface area contributed by atoms with Gasteiger partial charge < -0.3 is 15.0 Å². The third kappa shape index (κ3) is 4.83. The van der Waals surface area contributed by atoms with Gasteiger partial charge in [-0.05, 0) is 38.6 Å². The van der Waals surface area contributed by atoms with Crippen LogP contribution in [0.25, 0.3) is 0 Å². The molecule has 1 heterocycles. The molecule has 2 rings (SSSR count). The molecule has 156 valence electrons. The second-order valence-electron chi connectivity index (χ2n) is 6.48. The van der Waals surface area contributed by atoms with Gasteiger partial charge in [0.2, 0.25) is 5.91 Å². The monoisotopic (exact) mass is 411 g/mol. The summed E-state index contributed by atoms with van der Waals surface area (Å²) in [6.45, 7) is 2.73. The van der Waals surface area contributed by atoms with Gasteiger partial charge in [0.15, 0.2) is 23.2 Å². The van der Waals surface area contributed by atoms with E-state index in [0.717, 1.165) is 6.07 Å². The molecule has 0 aliphatic heterocycles. The summed E-state index contributed by atoms with van der Waals surface area (Å²) in [6, 6.07) is 1.59. The first-order chi connectivity index (χ1) is 13.6. The summed E-state index contributed by atoms with van der Waals surface area (Å²) in [4.78, 5) is 40.5. The maximum absolute atomic E-state index is 13.6. The Kier molecular flexibility index (Phi) is 6.80. The molecule has 0 bridgehead atoms. The lowest BCUT2D eigenvalue weighted by atomic mass is 10.1. The molecule has 1 aromatic heterocycles. The van der Waals surface area contributed by atoms with Gasteiger partial charge in [0.05, 0.1) is 37.1 Å². The number of Topliss-reactive ketones (excluding diaryl/α,β-unsaturated/α-hetero) is 1. The molecule has 2 N–H and O–H groups in total. The fraction of sp³-hybridized carbons (Fsp3) is 0.316. The van der Waals surface area contributed by atoms with E-state index in [4.69, 9.17) is 4.74 Å². The number of methoxy groups -OCH3 is 1. The zero-order valence-electron chi connectivity index (χ0n) is 16.3. The van der Waals surface area contributed by atoms with Gasteiger partial charge in [0.25, 0.3) is 0 Å². The number of hydrogen-bond donors (Lipinski definition) is 2. The van der Waals surface area contributed by atoms with Crippen LogP contribution < -0.4 is 5.32 Å². The second-order valence-corrected chi connectivity index (χ2v) is 6.48. The summed E-state index contributed by atoms with van der Waals surface area (Å²) >= 11 is 0. The minimum Gasteiger partial charge on any atom is -0.465 e. The van der Waals surface area contributed by atoms with Crippen molar-refractivity contribution in [2.75, 3.05) is 32.6 Å². The molecule has 29 heavy (non-hydrogen) atoms. The number of hydrogen-bond acceptors (Lipinski definition) is 5. The third-order valence-electron chi connectivity index (χ3n) is 4.24. The molecular formula is C19H20F3N3O4. The van der Waals surface area contributed by atoms with Crippen molar-refractivity contribution in [1.82, 2.24) is 9.88 Å². The summed E-state index contributed by atoms with van der Waals surface area (Å²) in [5.41, 5.74) is 0.881. The number of likely N-dealkylation sites (N-methyl/N-ethyl adjacent to an activating group) is 1. The standard InChI is InChI=1S/C19H20F3N3O4/c1-9-15(19(28)29-4)10(2)23-18(9)13(26)7-25(3)8-14(27)24-12-6-5-11(20)16(21)17(12)22/h5-6,23H,7-8H2,1-4H3,(H,24,27). The third-order valence-corrected chi connectivity index (χ3v) is 4.24. The Bertz CT molecular complexity index is 972. The number of benzene rings is 1. The van der Waals surface area contributed by atoms with Gasteiger partial charge >= 0.3 is 5.97 Å². The molecule has 0 aliphatic carbocycles. The van der Waals surface area contributed by atoms with Crippen molar-refractivity contribution in [3.8, 4) is 0 Å². The number of aromatic amines is 1. The largest absolute Gasteiger partial charge is 0.465 e. The normalized spacial score (nSPS) is 10.9. The highest BCUT2D eigenvalue weighted by molar-refractivity contribution is 6.02. The van der Waals surface area contributed by atoms with Gasteiger partial charge in [-0.1, -0.05) is 0 Å². The van der Waals surface area contributed by atoms with Gasteiger partial charge in [0.1, 0.15) is 0 Å². The van der Waals surface area contributed by atoms with E-state index in [1.807, 2.05) is 0 Å². The van der Waals surface area contributed by atoms with E-state index in [-0.39, 0.29) is 30.1 Å². The average Bonchev–Trinajstić information content (AvgIpc) is 2.95. The molecule has 2 aromatic rings. The summed E-state index contributed by atoms with van der Waals surface area (Å²) in [5, 5.41) is 2.13. The van der Waals surface area contributed by atoms with Gasteiger partial charge in [0, 0.05) is 5.69 Å². The lowest BCUT2D eigenvalue weighted by Gasteiger charge is -2.15. The number of halogens is 3. The lowest BCUT2D eigenvalue weighted by molar-refractivity contribution is -0.116. The van der Waals surface area contributed by atoms with E-state index in [1.165, 1.54) is 19.1 Å². The lowest BCUT2D eigenvalue weighted by Crippen LogP contribution is -2.34. The van der Waals surface area contributed by atoms with Crippen LogP contribution in [0.1, 0.15) is 32.1 Å². The van der Waals surface area contributed by atoms with Crippen LogP contribution in [0.15, 0.2) is 12.1 Å². The van der Waals surface area contributed by atoms with Crippen LogP contribution in [0, 0.1) is 31.3 Å². The topological polar surface area (TPSA) is 91.5 Å². The van der Waals surface area contributed by atoms with E-state index in [0.29, 0.717) is 17.3 Å². The van der Waals surface area contributed by atoms with Crippen molar-refractivity contribution in [3.63, 3.8) is 0 Å².